The van der Waals surface area contributed by atoms with Crippen molar-refractivity contribution >= 4 is 17.3 Å². The topological polar surface area (TPSA) is 36.8 Å². The number of nitrogens with zero attached hydrogens (tertiary/aromatic N) is 1. The highest BCUT2D eigenvalue weighted by molar-refractivity contribution is 5.88. The van der Waals surface area contributed by atoms with Crippen molar-refractivity contribution in [2.45, 2.75) is 13.5 Å². The van der Waals surface area contributed by atoms with Gasteiger partial charge in [-0.15, -0.1) is 0 Å². The monoisotopic (exact) mass is 310 g/mol. The summed E-state index contributed by atoms with van der Waals surface area (Å²) in [5.41, 5.74) is 3.50. The number of hydrogen-bond acceptors (Lipinski definition) is 2. The van der Waals surface area contributed by atoms with Crippen LogP contribution in [0.2, 0.25) is 0 Å². The lowest BCUT2D eigenvalue weighted by Gasteiger charge is -2.33. The van der Waals surface area contributed by atoms with Gasteiger partial charge in [-0.1, -0.05) is 30.3 Å². The van der Waals surface area contributed by atoms with Gasteiger partial charge in [-0.05, 0) is 24.3 Å². The summed E-state index contributed by atoms with van der Waals surface area (Å²) in [5, 5.41) is 2.81. The average Bonchev–Trinajstić information content (AvgIpc) is 2.57. The molecule has 1 saturated heterocycles. The molecule has 2 aromatic carbocycles. The zero-order valence-corrected chi connectivity index (χ0v) is 13.6. The molecular weight excluding hydrogens is 286 g/mol. The average molecular weight is 310 g/mol. The molecule has 0 aromatic heterocycles. The van der Waals surface area contributed by atoms with Gasteiger partial charge in [-0.25, -0.2) is 0 Å². The van der Waals surface area contributed by atoms with E-state index in [2.05, 4.69) is 52.7 Å². The lowest BCUT2D eigenvalue weighted by atomic mass is 10.2. The smallest absolute Gasteiger partial charge is 0.221 e. The summed E-state index contributed by atoms with van der Waals surface area (Å²) >= 11 is 0. The fraction of sp³-hybridized carbons (Fsp3) is 0.316. The molecule has 1 heterocycles. The molecule has 1 amide bonds. The Morgan fingerprint density at radius 2 is 1.70 bits per heavy atom. The third kappa shape index (κ3) is 4.33. The van der Waals surface area contributed by atoms with Gasteiger partial charge in [0, 0.05) is 23.9 Å². The van der Waals surface area contributed by atoms with Crippen LogP contribution in [0.25, 0.3) is 0 Å². The lowest BCUT2D eigenvalue weighted by Crippen LogP contribution is -3.13. The summed E-state index contributed by atoms with van der Waals surface area (Å²) in [6, 6.07) is 18.8. The summed E-state index contributed by atoms with van der Waals surface area (Å²) in [6.07, 6.45) is 0. The first kappa shape index (κ1) is 15.6. The van der Waals surface area contributed by atoms with Crippen LogP contribution in [0, 0.1) is 0 Å². The third-order valence-electron chi connectivity index (χ3n) is 4.32. The molecule has 2 aromatic rings. The molecular formula is C19H24N3O+. The number of piperazine rings is 1. The first-order valence-corrected chi connectivity index (χ1v) is 8.21. The summed E-state index contributed by atoms with van der Waals surface area (Å²) in [5.74, 6) is -0.0316. The molecule has 4 heteroatoms. The predicted octanol–water partition coefficient (Wildman–Crippen LogP) is 1.55. The standard InChI is InChI=1S/C19H23N3O/c1-16(23)20-18-7-9-19(10-8-18)22-13-11-21(12-14-22)15-17-5-3-2-4-6-17/h2-10H,11-15H2,1H3,(H,20,23)/p+1. The number of quaternary nitrogens is 1. The van der Waals surface area contributed by atoms with Crippen LogP contribution in [0.15, 0.2) is 54.6 Å². The minimum Gasteiger partial charge on any atom is -0.360 e. The predicted molar refractivity (Wildman–Crippen MR) is 93.8 cm³/mol. The van der Waals surface area contributed by atoms with Crippen molar-refractivity contribution in [1.82, 2.24) is 0 Å². The van der Waals surface area contributed by atoms with Crippen LogP contribution in [0.1, 0.15) is 12.5 Å². The number of carbonyl (C=O) groups excluding carboxylic acids is 1. The Morgan fingerprint density at radius 3 is 2.30 bits per heavy atom. The fourth-order valence-electron chi connectivity index (χ4n) is 3.10. The van der Waals surface area contributed by atoms with Gasteiger partial charge in [0.15, 0.2) is 0 Å². The Bertz CT molecular complexity index is 631. The molecule has 0 spiro atoms. The van der Waals surface area contributed by atoms with Gasteiger partial charge in [0.25, 0.3) is 0 Å². The molecule has 0 atom stereocenters. The number of benzene rings is 2. The van der Waals surface area contributed by atoms with Gasteiger partial charge in [-0.3, -0.25) is 4.79 Å². The van der Waals surface area contributed by atoms with E-state index in [4.69, 9.17) is 0 Å². The van der Waals surface area contributed by atoms with Crippen LogP contribution in [-0.2, 0) is 11.3 Å². The van der Waals surface area contributed by atoms with Gasteiger partial charge < -0.3 is 15.1 Å². The van der Waals surface area contributed by atoms with E-state index in [1.54, 1.807) is 4.90 Å². The number of rotatable bonds is 4. The molecule has 1 aliphatic rings. The second kappa shape index (κ2) is 7.29. The maximum atomic E-state index is 11.1. The first-order chi connectivity index (χ1) is 11.2. The lowest BCUT2D eigenvalue weighted by molar-refractivity contribution is -0.914. The largest absolute Gasteiger partial charge is 0.360 e. The van der Waals surface area contributed by atoms with Crippen molar-refractivity contribution in [3.05, 3.63) is 60.2 Å². The Kier molecular flexibility index (Phi) is 4.93. The van der Waals surface area contributed by atoms with Crippen LogP contribution >= 0.6 is 0 Å². The second-order valence-electron chi connectivity index (χ2n) is 6.13. The van der Waals surface area contributed by atoms with E-state index in [0.29, 0.717) is 0 Å². The first-order valence-electron chi connectivity index (χ1n) is 8.21. The van der Waals surface area contributed by atoms with E-state index in [9.17, 15) is 4.79 Å². The SMILES string of the molecule is CC(=O)Nc1ccc(N2CC[NH+](Cc3ccccc3)CC2)cc1. The molecule has 1 aliphatic heterocycles. The third-order valence-corrected chi connectivity index (χ3v) is 4.32. The van der Waals surface area contributed by atoms with Crippen molar-refractivity contribution in [2.75, 3.05) is 36.4 Å². The maximum absolute atomic E-state index is 11.1. The Labute approximate surface area is 137 Å². The second-order valence-corrected chi connectivity index (χ2v) is 6.13. The van der Waals surface area contributed by atoms with Gasteiger partial charge in [-0.2, -0.15) is 0 Å². The molecule has 23 heavy (non-hydrogen) atoms. The Morgan fingerprint density at radius 1 is 1.04 bits per heavy atom. The minimum atomic E-state index is -0.0316. The van der Waals surface area contributed by atoms with Gasteiger partial charge in [0.2, 0.25) is 5.91 Å². The molecule has 3 rings (SSSR count). The van der Waals surface area contributed by atoms with Gasteiger partial charge >= 0.3 is 0 Å². The molecule has 2 N–H and O–H groups in total. The molecule has 0 unspecified atom stereocenters. The number of nitrogens with one attached hydrogen (secondary N) is 2. The zero-order chi connectivity index (χ0) is 16.1. The number of hydrogen-bond donors (Lipinski definition) is 2. The molecule has 0 saturated carbocycles. The highest BCUT2D eigenvalue weighted by atomic mass is 16.1. The zero-order valence-electron chi connectivity index (χ0n) is 13.6. The Hall–Kier alpha value is -2.33. The summed E-state index contributed by atoms with van der Waals surface area (Å²) in [4.78, 5) is 15.1. The van der Waals surface area contributed by atoms with Crippen LogP contribution in [0.3, 0.4) is 0 Å². The molecule has 0 bridgehead atoms. The maximum Gasteiger partial charge on any atom is 0.221 e. The van der Waals surface area contributed by atoms with Crippen molar-refractivity contribution in [3.8, 4) is 0 Å². The Balaban J connectivity index is 1.53. The summed E-state index contributed by atoms with van der Waals surface area (Å²) in [7, 11) is 0. The number of anilines is 2. The molecule has 1 fully saturated rings. The van der Waals surface area contributed by atoms with E-state index >= 15 is 0 Å². The molecule has 0 aliphatic carbocycles. The highest BCUT2D eigenvalue weighted by Crippen LogP contribution is 2.18. The normalized spacial score (nSPS) is 15.4. The molecule has 4 nitrogen and oxygen atoms in total. The van der Waals surface area contributed by atoms with Crippen LogP contribution in [0.4, 0.5) is 11.4 Å². The summed E-state index contributed by atoms with van der Waals surface area (Å²) < 4.78 is 0. The van der Waals surface area contributed by atoms with Crippen molar-refractivity contribution < 1.29 is 9.69 Å². The van der Waals surface area contributed by atoms with E-state index < -0.39 is 0 Å². The van der Waals surface area contributed by atoms with Crippen LogP contribution in [-0.4, -0.2) is 32.1 Å². The number of amides is 1. The summed E-state index contributed by atoms with van der Waals surface area (Å²) in [6.45, 7) is 7.09. The van der Waals surface area contributed by atoms with E-state index in [1.165, 1.54) is 18.2 Å². The number of carbonyl (C=O) groups is 1. The molecule has 0 radical (unpaired) electrons. The van der Waals surface area contributed by atoms with E-state index in [-0.39, 0.29) is 5.91 Å². The molecule has 120 valence electrons. The quantitative estimate of drug-likeness (QED) is 0.899. The van der Waals surface area contributed by atoms with Crippen LogP contribution in [0.5, 0.6) is 0 Å². The van der Waals surface area contributed by atoms with Crippen molar-refractivity contribution in [1.29, 1.82) is 0 Å². The minimum absolute atomic E-state index is 0.0316. The van der Waals surface area contributed by atoms with Gasteiger partial charge in [0.05, 0.1) is 26.2 Å². The highest BCUT2D eigenvalue weighted by Gasteiger charge is 2.20. The van der Waals surface area contributed by atoms with Crippen LogP contribution < -0.4 is 15.1 Å². The van der Waals surface area contributed by atoms with E-state index in [1.807, 2.05) is 12.1 Å². The van der Waals surface area contributed by atoms with E-state index in [0.717, 1.165) is 38.4 Å². The fourth-order valence-corrected chi connectivity index (χ4v) is 3.10. The van der Waals surface area contributed by atoms with Crippen molar-refractivity contribution in [3.63, 3.8) is 0 Å². The van der Waals surface area contributed by atoms with Crippen molar-refractivity contribution in [2.24, 2.45) is 0 Å². The van der Waals surface area contributed by atoms with Gasteiger partial charge in [0.1, 0.15) is 6.54 Å².